The fourth-order valence-electron chi connectivity index (χ4n) is 5.52. The van der Waals surface area contributed by atoms with Crippen LogP contribution in [0, 0.1) is 11.8 Å². The van der Waals surface area contributed by atoms with E-state index in [1.807, 2.05) is 38.1 Å². The first-order valence-electron chi connectivity index (χ1n) is 12.0. The molecule has 2 aromatic rings. The van der Waals surface area contributed by atoms with Gasteiger partial charge in [0, 0.05) is 6.54 Å². The number of nitrogens with one attached hydrogen (secondary N) is 1. The van der Waals surface area contributed by atoms with Crippen molar-refractivity contribution in [3.05, 3.63) is 70.3 Å². The van der Waals surface area contributed by atoms with E-state index < -0.39 is 24.0 Å². The second kappa shape index (κ2) is 9.90. The SMILES string of the molecule is CCC(CC)[C@@H]1C(=O)NC(C2Cc3ccccc3C2)C(=O)N1Cc1ccc(C(=O)O)cc1C(=O)O. The number of benzene rings is 2. The van der Waals surface area contributed by atoms with Gasteiger partial charge in [0.15, 0.2) is 0 Å². The summed E-state index contributed by atoms with van der Waals surface area (Å²) in [5.74, 6) is -3.13. The van der Waals surface area contributed by atoms with Crippen LogP contribution in [0.25, 0.3) is 0 Å². The number of hydrogen-bond acceptors (Lipinski definition) is 4. The van der Waals surface area contributed by atoms with Crippen LogP contribution in [0.2, 0.25) is 0 Å². The lowest BCUT2D eigenvalue weighted by molar-refractivity contribution is -0.154. The molecule has 1 unspecified atom stereocenters. The van der Waals surface area contributed by atoms with Crippen molar-refractivity contribution in [1.29, 1.82) is 0 Å². The lowest BCUT2D eigenvalue weighted by Crippen LogP contribution is -2.66. The molecule has 4 rings (SSSR count). The van der Waals surface area contributed by atoms with Gasteiger partial charge in [0.1, 0.15) is 12.1 Å². The van der Waals surface area contributed by atoms with Gasteiger partial charge in [-0.1, -0.05) is 57.0 Å². The summed E-state index contributed by atoms with van der Waals surface area (Å²) in [6, 6.07) is 10.4. The van der Waals surface area contributed by atoms with Crippen molar-refractivity contribution in [1.82, 2.24) is 10.2 Å². The number of carboxylic acid groups (broad SMARTS) is 2. The van der Waals surface area contributed by atoms with Crippen LogP contribution >= 0.6 is 0 Å². The van der Waals surface area contributed by atoms with Crippen molar-refractivity contribution >= 4 is 23.8 Å². The summed E-state index contributed by atoms with van der Waals surface area (Å²) in [6.45, 7) is 3.85. The van der Waals surface area contributed by atoms with E-state index in [9.17, 15) is 29.4 Å². The third-order valence-corrected chi connectivity index (χ3v) is 7.43. The quantitative estimate of drug-likeness (QED) is 0.536. The average molecular weight is 479 g/mol. The van der Waals surface area contributed by atoms with E-state index in [0.717, 1.165) is 6.07 Å². The number of carbonyl (C=O) groups excluding carboxylic acids is 2. The molecule has 1 heterocycles. The standard InChI is InChI=1S/C27H30N2O6/c1-3-15(4-2)23-24(30)28-22(20-11-16-7-5-6-8-17(16)12-20)25(31)29(23)14-19-10-9-18(26(32)33)13-21(19)27(34)35/h5-10,13,15,20,22-23H,3-4,11-12,14H2,1-2H3,(H,28,30)(H,32,33)(H,34,35)/t22?,23-/m1/s1. The summed E-state index contributed by atoms with van der Waals surface area (Å²) in [7, 11) is 0. The molecule has 2 aromatic carbocycles. The van der Waals surface area contributed by atoms with Crippen LogP contribution in [0.1, 0.15) is 64.1 Å². The van der Waals surface area contributed by atoms with Gasteiger partial charge in [-0.05, 0) is 53.5 Å². The largest absolute Gasteiger partial charge is 0.478 e. The molecule has 0 saturated carbocycles. The predicted octanol–water partition coefficient (Wildman–Crippen LogP) is 3.13. The Morgan fingerprint density at radius 3 is 2.17 bits per heavy atom. The number of amides is 2. The summed E-state index contributed by atoms with van der Waals surface area (Å²) in [5, 5.41) is 22.0. The third-order valence-electron chi connectivity index (χ3n) is 7.43. The number of fused-ring (bicyclic) bond motifs is 1. The number of piperazine rings is 1. The molecule has 8 nitrogen and oxygen atoms in total. The Bertz CT molecular complexity index is 1150. The third kappa shape index (κ3) is 4.65. The van der Waals surface area contributed by atoms with Gasteiger partial charge < -0.3 is 20.4 Å². The van der Waals surface area contributed by atoms with Gasteiger partial charge in [0.05, 0.1) is 11.1 Å². The molecule has 2 atom stereocenters. The van der Waals surface area contributed by atoms with E-state index in [0.29, 0.717) is 31.2 Å². The van der Waals surface area contributed by atoms with Crippen molar-refractivity contribution in [2.24, 2.45) is 11.8 Å². The van der Waals surface area contributed by atoms with E-state index in [4.69, 9.17) is 0 Å². The first kappa shape index (κ1) is 24.4. The zero-order chi connectivity index (χ0) is 25.3. The molecule has 1 aliphatic carbocycles. The first-order valence-corrected chi connectivity index (χ1v) is 12.0. The number of rotatable bonds is 8. The Balaban J connectivity index is 1.70. The molecular weight excluding hydrogens is 448 g/mol. The lowest BCUT2D eigenvalue weighted by Gasteiger charge is -2.44. The van der Waals surface area contributed by atoms with Crippen LogP contribution in [0.15, 0.2) is 42.5 Å². The lowest BCUT2D eigenvalue weighted by atomic mass is 9.85. The van der Waals surface area contributed by atoms with Crippen LogP contribution in [0.4, 0.5) is 0 Å². The van der Waals surface area contributed by atoms with Crippen molar-refractivity contribution in [3.63, 3.8) is 0 Å². The van der Waals surface area contributed by atoms with Crippen molar-refractivity contribution in [2.75, 3.05) is 0 Å². The summed E-state index contributed by atoms with van der Waals surface area (Å²) >= 11 is 0. The van der Waals surface area contributed by atoms with Gasteiger partial charge in [0.2, 0.25) is 11.8 Å². The maximum atomic E-state index is 13.9. The minimum Gasteiger partial charge on any atom is -0.478 e. The smallest absolute Gasteiger partial charge is 0.336 e. The van der Waals surface area contributed by atoms with Crippen molar-refractivity contribution in [3.8, 4) is 0 Å². The van der Waals surface area contributed by atoms with Crippen LogP contribution in [0.3, 0.4) is 0 Å². The highest BCUT2D eigenvalue weighted by molar-refractivity contribution is 5.98. The normalized spacial score (nSPS) is 20.1. The Morgan fingerprint density at radius 1 is 1.00 bits per heavy atom. The van der Waals surface area contributed by atoms with Crippen LogP contribution in [0.5, 0.6) is 0 Å². The number of nitrogens with zero attached hydrogens (tertiary/aromatic N) is 1. The second-order valence-corrected chi connectivity index (χ2v) is 9.39. The number of hydrogen-bond donors (Lipinski definition) is 3. The second-order valence-electron chi connectivity index (χ2n) is 9.39. The van der Waals surface area contributed by atoms with Crippen LogP contribution in [-0.2, 0) is 29.0 Å². The van der Waals surface area contributed by atoms with E-state index >= 15 is 0 Å². The van der Waals surface area contributed by atoms with Crippen LogP contribution < -0.4 is 5.32 Å². The molecule has 2 aliphatic rings. The van der Waals surface area contributed by atoms with Gasteiger partial charge in [-0.25, -0.2) is 9.59 Å². The summed E-state index contributed by atoms with van der Waals surface area (Å²) < 4.78 is 0. The molecule has 0 bridgehead atoms. The maximum Gasteiger partial charge on any atom is 0.336 e. The fourth-order valence-corrected chi connectivity index (χ4v) is 5.52. The minimum atomic E-state index is -1.28. The highest BCUT2D eigenvalue weighted by Crippen LogP contribution is 2.33. The Kier molecular flexibility index (Phi) is 6.91. The minimum absolute atomic E-state index is 0.0783. The van der Waals surface area contributed by atoms with Gasteiger partial charge in [-0.15, -0.1) is 0 Å². The fraction of sp³-hybridized carbons (Fsp3) is 0.407. The van der Waals surface area contributed by atoms with Gasteiger partial charge >= 0.3 is 11.9 Å². The molecule has 8 heteroatoms. The zero-order valence-corrected chi connectivity index (χ0v) is 19.9. The van der Waals surface area contributed by atoms with E-state index in [2.05, 4.69) is 5.32 Å². The van der Waals surface area contributed by atoms with Crippen molar-refractivity contribution < 1.29 is 29.4 Å². The molecule has 184 valence electrons. The summed E-state index contributed by atoms with van der Waals surface area (Å²) in [5.41, 5.74) is 2.31. The summed E-state index contributed by atoms with van der Waals surface area (Å²) in [4.78, 5) is 52.1. The number of aromatic carboxylic acids is 2. The summed E-state index contributed by atoms with van der Waals surface area (Å²) in [6.07, 6.45) is 2.73. The topological polar surface area (TPSA) is 124 Å². The highest BCUT2D eigenvalue weighted by atomic mass is 16.4. The van der Waals surface area contributed by atoms with E-state index in [1.165, 1.54) is 28.2 Å². The molecule has 0 aromatic heterocycles. The van der Waals surface area contributed by atoms with E-state index in [-0.39, 0.29) is 41.3 Å². The molecule has 1 aliphatic heterocycles. The molecular formula is C27H30N2O6. The molecule has 3 N–H and O–H groups in total. The molecule has 0 spiro atoms. The van der Waals surface area contributed by atoms with Crippen molar-refractivity contribution in [2.45, 2.75) is 58.2 Å². The monoisotopic (exact) mass is 478 g/mol. The van der Waals surface area contributed by atoms with Gasteiger partial charge in [-0.2, -0.15) is 0 Å². The van der Waals surface area contributed by atoms with Crippen LogP contribution in [-0.4, -0.2) is 50.9 Å². The number of carboxylic acids is 2. The maximum absolute atomic E-state index is 13.9. The highest BCUT2D eigenvalue weighted by Gasteiger charge is 2.47. The zero-order valence-electron chi connectivity index (χ0n) is 19.9. The van der Waals surface area contributed by atoms with E-state index in [1.54, 1.807) is 0 Å². The Hall–Kier alpha value is -3.68. The van der Waals surface area contributed by atoms with Gasteiger partial charge in [0.25, 0.3) is 0 Å². The molecule has 2 amide bonds. The predicted molar refractivity (Wildman–Crippen MR) is 128 cm³/mol. The molecule has 35 heavy (non-hydrogen) atoms. The molecule has 1 fully saturated rings. The van der Waals surface area contributed by atoms with Gasteiger partial charge in [-0.3, -0.25) is 9.59 Å². The molecule has 1 saturated heterocycles. The Labute approximate surface area is 203 Å². The average Bonchev–Trinajstić information content (AvgIpc) is 3.27. The number of carbonyl (C=O) groups is 4. The first-order chi connectivity index (χ1) is 16.7. The molecule has 0 radical (unpaired) electrons. The Morgan fingerprint density at radius 2 is 1.63 bits per heavy atom.